The van der Waals surface area contributed by atoms with E-state index in [9.17, 15) is 4.79 Å². The number of carbonyl (C=O) groups is 1. The van der Waals surface area contributed by atoms with Crippen LogP contribution in [0.25, 0.3) is 0 Å². The van der Waals surface area contributed by atoms with Crippen LogP contribution in [0.1, 0.15) is 27.4 Å². The van der Waals surface area contributed by atoms with Crippen molar-refractivity contribution in [2.45, 2.75) is 20.4 Å². The molecule has 0 fully saturated rings. The summed E-state index contributed by atoms with van der Waals surface area (Å²) in [5, 5.41) is 6.63. The Morgan fingerprint density at radius 1 is 1.11 bits per heavy atom. The van der Waals surface area contributed by atoms with E-state index in [0.29, 0.717) is 34.6 Å². The molecule has 0 unspecified atom stereocenters. The SMILES string of the molecule is COc1cc(Cl)c(C)cc1NC(=O)c1cc(NCc2ccccc2)nc(C)n1. The molecule has 2 aromatic carbocycles. The number of hydrogen-bond donors (Lipinski definition) is 2. The lowest BCUT2D eigenvalue weighted by Crippen LogP contribution is -2.16. The van der Waals surface area contributed by atoms with Crippen LogP contribution in [0, 0.1) is 13.8 Å². The zero-order chi connectivity index (χ0) is 20.1. The normalized spacial score (nSPS) is 10.4. The lowest BCUT2D eigenvalue weighted by molar-refractivity contribution is 0.102. The van der Waals surface area contributed by atoms with E-state index < -0.39 is 0 Å². The summed E-state index contributed by atoms with van der Waals surface area (Å²) >= 11 is 6.12. The molecule has 0 atom stereocenters. The van der Waals surface area contributed by atoms with Gasteiger partial charge in [0.15, 0.2) is 0 Å². The topological polar surface area (TPSA) is 76.1 Å². The minimum absolute atomic E-state index is 0.262. The van der Waals surface area contributed by atoms with Gasteiger partial charge in [0.05, 0.1) is 12.8 Å². The van der Waals surface area contributed by atoms with Gasteiger partial charge >= 0.3 is 0 Å². The second-order valence-electron chi connectivity index (χ2n) is 6.28. The third-order valence-corrected chi connectivity index (χ3v) is 4.52. The van der Waals surface area contributed by atoms with Crippen molar-refractivity contribution in [1.82, 2.24) is 9.97 Å². The van der Waals surface area contributed by atoms with E-state index in [-0.39, 0.29) is 11.6 Å². The minimum Gasteiger partial charge on any atom is -0.495 e. The van der Waals surface area contributed by atoms with Crippen molar-refractivity contribution in [3.63, 3.8) is 0 Å². The first-order valence-electron chi connectivity index (χ1n) is 8.75. The van der Waals surface area contributed by atoms with Gasteiger partial charge in [0.2, 0.25) is 0 Å². The molecule has 1 aromatic heterocycles. The average Bonchev–Trinajstić information content (AvgIpc) is 2.69. The van der Waals surface area contributed by atoms with Gasteiger partial charge in [0.1, 0.15) is 23.1 Å². The van der Waals surface area contributed by atoms with Crippen LogP contribution < -0.4 is 15.4 Å². The first kappa shape index (κ1) is 19.6. The van der Waals surface area contributed by atoms with Gasteiger partial charge in [-0.3, -0.25) is 4.79 Å². The van der Waals surface area contributed by atoms with E-state index in [4.69, 9.17) is 16.3 Å². The van der Waals surface area contributed by atoms with Crippen LogP contribution in [0.2, 0.25) is 5.02 Å². The maximum Gasteiger partial charge on any atom is 0.274 e. The highest BCUT2D eigenvalue weighted by atomic mass is 35.5. The first-order valence-corrected chi connectivity index (χ1v) is 9.13. The number of anilines is 2. The number of nitrogens with zero attached hydrogens (tertiary/aromatic N) is 2. The molecule has 1 heterocycles. The molecule has 6 nitrogen and oxygen atoms in total. The van der Waals surface area contributed by atoms with E-state index in [0.717, 1.165) is 11.1 Å². The van der Waals surface area contributed by atoms with Gasteiger partial charge < -0.3 is 15.4 Å². The highest BCUT2D eigenvalue weighted by Gasteiger charge is 2.15. The van der Waals surface area contributed by atoms with E-state index in [1.54, 1.807) is 25.1 Å². The van der Waals surface area contributed by atoms with E-state index >= 15 is 0 Å². The van der Waals surface area contributed by atoms with Crippen LogP contribution in [0.3, 0.4) is 0 Å². The number of methoxy groups -OCH3 is 1. The molecular formula is C21H21ClN4O2. The van der Waals surface area contributed by atoms with Gasteiger partial charge in [-0.15, -0.1) is 0 Å². The van der Waals surface area contributed by atoms with Crippen molar-refractivity contribution in [1.29, 1.82) is 0 Å². The third-order valence-electron chi connectivity index (χ3n) is 4.12. The molecule has 0 radical (unpaired) electrons. The molecule has 0 bridgehead atoms. The van der Waals surface area contributed by atoms with Crippen molar-refractivity contribution >= 4 is 29.0 Å². The van der Waals surface area contributed by atoms with Gasteiger partial charge in [0, 0.05) is 23.7 Å². The van der Waals surface area contributed by atoms with Crippen molar-refractivity contribution in [2.75, 3.05) is 17.7 Å². The molecule has 7 heteroatoms. The molecule has 2 N–H and O–H groups in total. The number of halogens is 1. The zero-order valence-electron chi connectivity index (χ0n) is 15.9. The van der Waals surface area contributed by atoms with Crippen LogP contribution >= 0.6 is 11.6 Å². The highest BCUT2D eigenvalue weighted by molar-refractivity contribution is 6.31. The molecule has 144 valence electrons. The van der Waals surface area contributed by atoms with Gasteiger partial charge in [-0.25, -0.2) is 9.97 Å². The third kappa shape index (κ3) is 4.78. The maximum atomic E-state index is 12.7. The summed E-state index contributed by atoms with van der Waals surface area (Å²) in [6.07, 6.45) is 0. The minimum atomic E-state index is -0.353. The second kappa shape index (κ2) is 8.71. The number of carbonyl (C=O) groups excluding carboxylic acids is 1. The molecule has 0 aliphatic rings. The summed E-state index contributed by atoms with van der Waals surface area (Å²) in [7, 11) is 1.52. The van der Waals surface area contributed by atoms with Crippen LogP contribution in [-0.2, 0) is 6.54 Å². The Balaban J connectivity index is 1.79. The fourth-order valence-electron chi connectivity index (χ4n) is 2.68. The molecule has 3 aromatic rings. The van der Waals surface area contributed by atoms with Crippen molar-refractivity contribution in [3.8, 4) is 5.75 Å². The fourth-order valence-corrected chi connectivity index (χ4v) is 2.83. The number of ether oxygens (including phenoxy) is 1. The van der Waals surface area contributed by atoms with Crippen molar-refractivity contribution in [3.05, 3.63) is 76.2 Å². The Bertz CT molecular complexity index is 993. The first-order chi connectivity index (χ1) is 13.5. The van der Waals surface area contributed by atoms with Crippen molar-refractivity contribution < 1.29 is 9.53 Å². The largest absolute Gasteiger partial charge is 0.495 e. The smallest absolute Gasteiger partial charge is 0.274 e. The molecule has 3 rings (SSSR count). The molecule has 0 spiro atoms. The monoisotopic (exact) mass is 396 g/mol. The number of aryl methyl sites for hydroxylation is 2. The zero-order valence-corrected chi connectivity index (χ0v) is 16.7. The van der Waals surface area contributed by atoms with Gasteiger partial charge in [-0.05, 0) is 31.0 Å². The Labute approximate surface area is 168 Å². The predicted octanol–water partition coefficient (Wildman–Crippen LogP) is 4.62. The predicted molar refractivity (Wildman–Crippen MR) is 111 cm³/mol. The van der Waals surface area contributed by atoms with Crippen molar-refractivity contribution in [2.24, 2.45) is 0 Å². The Hall–Kier alpha value is -3.12. The summed E-state index contributed by atoms with van der Waals surface area (Å²) in [6.45, 7) is 4.21. The van der Waals surface area contributed by atoms with E-state index in [1.165, 1.54) is 7.11 Å². The van der Waals surface area contributed by atoms with Gasteiger partial charge in [-0.2, -0.15) is 0 Å². The number of rotatable bonds is 6. The number of nitrogens with one attached hydrogen (secondary N) is 2. The molecular weight excluding hydrogens is 376 g/mol. The molecule has 0 saturated heterocycles. The van der Waals surface area contributed by atoms with Gasteiger partial charge in [0.25, 0.3) is 5.91 Å². The van der Waals surface area contributed by atoms with Crippen LogP contribution in [0.15, 0.2) is 48.5 Å². The Morgan fingerprint density at radius 2 is 1.86 bits per heavy atom. The summed E-state index contributed by atoms with van der Waals surface area (Å²) in [6, 6.07) is 15.0. The van der Waals surface area contributed by atoms with E-state index in [2.05, 4.69) is 20.6 Å². The quantitative estimate of drug-likeness (QED) is 0.635. The Morgan fingerprint density at radius 3 is 2.57 bits per heavy atom. The fraction of sp³-hybridized carbons (Fsp3) is 0.190. The maximum absolute atomic E-state index is 12.7. The highest BCUT2D eigenvalue weighted by Crippen LogP contribution is 2.31. The van der Waals surface area contributed by atoms with Crippen LogP contribution in [0.5, 0.6) is 5.75 Å². The molecule has 0 aliphatic carbocycles. The molecule has 1 amide bonds. The summed E-state index contributed by atoms with van der Waals surface area (Å²) in [4.78, 5) is 21.3. The number of aromatic nitrogens is 2. The van der Waals surface area contributed by atoms with Crippen LogP contribution in [-0.4, -0.2) is 23.0 Å². The molecule has 0 aliphatic heterocycles. The number of amides is 1. The van der Waals surface area contributed by atoms with E-state index in [1.807, 2.05) is 37.3 Å². The molecule has 0 saturated carbocycles. The summed E-state index contributed by atoms with van der Waals surface area (Å²) < 4.78 is 5.31. The van der Waals surface area contributed by atoms with Gasteiger partial charge in [-0.1, -0.05) is 41.9 Å². The number of hydrogen-bond acceptors (Lipinski definition) is 5. The average molecular weight is 397 g/mol. The summed E-state index contributed by atoms with van der Waals surface area (Å²) in [5.41, 5.74) is 2.75. The summed E-state index contributed by atoms with van der Waals surface area (Å²) in [5.74, 6) is 1.22. The lowest BCUT2D eigenvalue weighted by Gasteiger charge is -2.13. The molecule has 28 heavy (non-hydrogen) atoms. The number of benzene rings is 2. The standard InChI is InChI=1S/C21H21ClN4O2/c1-13-9-17(19(28-3)10-16(13)22)26-21(27)18-11-20(25-14(2)24-18)23-12-15-7-5-4-6-8-15/h4-11H,12H2,1-3H3,(H,26,27)(H,23,24,25). The van der Waals surface area contributed by atoms with Crippen LogP contribution in [0.4, 0.5) is 11.5 Å². The lowest BCUT2D eigenvalue weighted by atomic mass is 10.2. The second-order valence-corrected chi connectivity index (χ2v) is 6.69. The Kier molecular flexibility index (Phi) is 6.11.